The number of unbranched alkanes of at least 4 members (excludes halogenated alkanes) is 35. The van der Waals surface area contributed by atoms with E-state index in [0.29, 0.717) is 19.3 Å². The first-order chi connectivity index (χ1) is 32.1. The molecule has 0 spiro atoms. The Labute approximate surface area is 412 Å². The minimum absolute atomic E-state index is 0.0634. The SMILES string of the molecule is CCC(C)CCCCCCCCCCCCCCCCC(=O)O[C@H](COC(=O)CCCCCCCCCCCCCCCCC(C)C)COC(=O)CCCCCCCCCCCCC(C)C. The van der Waals surface area contributed by atoms with Crippen LogP contribution in [0.2, 0.25) is 0 Å². The van der Waals surface area contributed by atoms with Crippen molar-refractivity contribution in [2.75, 3.05) is 13.2 Å². The summed E-state index contributed by atoms with van der Waals surface area (Å²) in [6.45, 7) is 13.8. The lowest BCUT2D eigenvalue weighted by molar-refractivity contribution is -0.167. The molecule has 2 atom stereocenters. The van der Waals surface area contributed by atoms with E-state index in [4.69, 9.17) is 14.2 Å². The summed E-state index contributed by atoms with van der Waals surface area (Å²) in [6, 6.07) is 0. The predicted molar refractivity (Wildman–Crippen MR) is 284 cm³/mol. The topological polar surface area (TPSA) is 78.9 Å². The molecule has 0 amide bonds. The second-order valence-electron chi connectivity index (χ2n) is 21.8. The Morgan fingerprint density at radius 2 is 0.530 bits per heavy atom. The van der Waals surface area contributed by atoms with Gasteiger partial charge in [0.1, 0.15) is 13.2 Å². The number of rotatable bonds is 53. The average Bonchev–Trinajstić information content (AvgIpc) is 3.29. The molecule has 0 aliphatic carbocycles. The molecule has 0 saturated heterocycles. The number of carbonyl (C=O) groups is 3. The van der Waals surface area contributed by atoms with E-state index in [1.807, 2.05) is 0 Å². The fourth-order valence-electron chi connectivity index (χ4n) is 9.14. The molecule has 0 radical (unpaired) electrons. The van der Waals surface area contributed by atoms with Crippen molar-refractivity contribution >= 4 is 17.9 Å². The summed E-state index contributed by atoms with van der Waals surface area (Å²) in [4.78, 5) is 38.2. The van der Waals surface area contributed by atoms with Gasteiger partial charge < -0.3 is 14.2 Å². The van der Waals surface area contributed by atoms with E-state index in [2.05, 4.69) is 41.5 Å². The fourth-order valence-corrected chi connectivity index (χ4v) is 9.14. The molecular weight excluding hydrogens is 817 g/mol. The van der Waals surface area contributed by atoms with Crippen LogP contribution in [0.5, 0.6) is 0 Å². The highest BCUT2D eigenvalue weighted by Crippen LogP contribution is 2.19. The van der Waals surface area contributed by atoms with Gasteiger partial charge in [-0.05, 0) is 37.0 Å². The Balaban J connectivity index is 4.30. The van der Waals surface area contributed by atoms with Crippen LogP contribution in [0, 0.1) is 17.8 Å². The minimum atomic E-state index is -0.764. The molecule has 0 aliphatic heterocycles. The van der Waals surface area contributed by atoms with Gasteiger partial charge in [0.2, 0.25) is 0 Å². The second kappa shape index (κ2) is 51.3. The summed E-state index contributed by atoms with van der Waals surface area (Å²) in [5.41, 5.74) is 0. The third-order valence-corrected chi connectivity index (χ3v) is 14.0. The maximum Gasteiger partial charge on any atom is 0.306 e. The Kier molecular flexibility index (Phi) is 50.0. The van der Waals surface area contributed by atoms with Gasteiger partial charge >= 0.3 is 17.9 Å². The lowest BCUT2D eigenvalue weighted by Gasteiger charge is -2.18. The number of hydrogen-bond acceptors (Lipinski definition) is 6. The van der Waals surface area contributed by atoms with Crippen molar-refractivity contribution in [2.24, 2.45) is 17.8 Å². The summed E-state index contributed by atoms with van der Waals surface area (Å²) < 4.78 is 16.9. The second-order valence-corrected chi connectivity index (χ2v) is 21.8. The molecule has 0 heterocycles. The molecule has 0 aromatic rings. The van der Waals surface area contributed by atoms with Gasteiger partial charge in [0.25, 0.3) is 0 Å². The normalized spacial score (nSPS) is 12.5. The average molecular weight is 934 g/mol. The Morgan fingerprint density at radius 3 is 0.788 bits per heavy atom. The molecule has 0 saturated carbocycles. The van der Waals surface area contributed by atoms with Crippen LogP contribution >= 0.6 is 0 Å². The van der Waals surface area contributed by atoms with E-state index in [9.17, 15) is 14.4 Å². The summed E-state index contributed by atoms with van der Waals surface area (Å²) in [7, 11) is 0. The first-order valence-electron chi connectivity index (χ1n) is 29.6. The zero-order valence-electron chi connectivity index (χ0n) is 45.5. The maximum absolute atomic E-state index is 12.9. The van der Waals surface area contributed by atoms with Crippen molar-refractivity contribution < 1.29 is 28.6 Å². The zero-order chi connectivity index (χ0) is 48.4. The van der Waals surface area contributed by atoms with Crippen molar-refractivity contribution in [2.45, 2.75) is 337 Å². The van der Waals surface area contributed by atoms with E-state index >= 15 is 0 Å². The maximum atomic E-state index is 12.9. The van der Waals surface area contributed by atoms with Crippen molar-refractivity contribution in [1.29, 1.82) is 0 Å². The quantitative estimate of drug-likeness (QED) is 0.0343. The first kappa shape index (κ1) is 64.4. The Hall–Kier alpha value is -1.59. The van der Waals surface area contributed by atoms with Crippen LogP contribution in [0.1, 0.15) is 330 Å². The highest BCUT2D eigenvalue weighted by atomic mass is 16.6. The van der Waals surface area contributed by atoms with E-state index in [1.54, 1.807) is 0 Å². The van der Waals surface area contributed by atoms with Crippen LogP contribution in [0.4, 0.5) is 0 Å². The molecule has 0 aliphatic rings. The zero-order valence-corrected chi connectivity index (χ0v) is 45.5. The monoisotopic (exact) mass is 933 g/mol. The Bertz CT molecular complexity index is 1020. The molecule has 392 valence electrons. The lowest BCUT2D eigenvalue weighted by atomic mass is 9.99. The third kappa shape index (κ3) is 51.8. The molecule has 0 rings (SSSR count). The van der Waals surface area contributed by atoms with Gasteiger partial charge in [-0.3, -0.25) is 14.4 Å². The summed E-state index contributed by atoms with van der Waals surface area (Å²) in [6.07, 6.45) is 53.7. The molecule has 0 bridgehead atoms. The summed E-state index contributed by atoms with van der Waals surface area (Å²) in [5.74, 6) is 1.72. The highest BCUT2D eigenvalue weighted by Gasteiger charge is 2.19. The third-order valence-electron chi connectivity index (χ3n) is 14.0. The van der Waals surface area contributed by atoms with Crippen molar-refractivity contribution in [3.63, 3.8) is 0 Å². The van der Waals surface area contributed by atoms with Gasteiger partial charge in [-0.15, -0.1) is 0 Å². The van der Waals surface area contributed by atoms with Crippen LogP contribution < -0.4 is 0 Å². The molecule has 0 N–H and O–H groups in total. The number of esters is 3. The van der Waals surface area contributed by atoms with Crippen molar-refractivity contribution in [1.82, 2.24) is 0 Å². The molecule has 0 fully saturated rings. The lowest BCUT2D eigenvalue weighted by Crippen LogP contribution is -2.30. The van der Waals surface area contributed by atoms with Crippen molar-refractivity contribution in [3.8, 4) is 0 Å². The first-order valence-corrected chi connectivity index (χ1v) is 29.6. The van der Waals surface area contributed by atoms with Gasteiger partial charge in [-0.2, -0.15) is 0 Å². The highest BCUT2D eigenvalue weighted by molar-refractivity contribution is 5.71. The van der Waals surface area contributed by atoms with E-state index < -0.39 is 6.10 Å². The predicted octanol–water partition coefficient (Wildman–Crippen LogP) is 19.5. The van der Waals surface area contributed by atoms with Gasteiger partial charge in [-0.1, -0.05) is 292 Å². The molecule has 66 heavy (non-hydrogen) atoms. The molecular formula is C60H116O6. The fraction of sp³-hybridized carbons (Fsp3) is 0.950. The van der Waals surface area contributed by atoms with E-state index in [1.165, 1.54) is 212 Å². The molecule has 0 aromatic heterocycles. The summed E-state index contributed by atoms with van der Waals surface area (Å²) >= 11 is 0. The minimum Gasteiger partial charge on any atom is -0.462 e. The number of carbonyl (C=O) groups excluding carboxylic acids is 3. The van der Waals surface area contributed by atoms with Crippen LogP contribution in [-0.2, 0) is 28.6 Å². The number of ether oxygens (including phenoxy) is 3. The summed E-state index contributed by atoms with van der Waals surface area (Å²) in [5, 5.41) is 0. The van der Waals surface area contributed by atoms with Crippen LogP contribution in [0.25, 0.3) is 0 Å². The van der Waals surface area contributed by atoms with Crippen LogP contribution in [-0.4, -0.2) is 37.2 Å². The molecule has 1 unspecified atom stereocenters. The van der Waals surface area contributed by atoms with Crippen molar-refractivity contribution in [3.05, 3.63) is 0 Å². The molecule has 0 aromatic carbocycles. The van der Waals surface area contributed by atoms with Gasteiger partial charge in [-0.25, -0.2) is 0 Å². The van der Waals surface area contributed by atoms with Crippen LogP contribution in [0.15, 0.2) is 0 Å². The molecule has 6 nitrogen and oxygen atoms in total. The van der Waals surface area contributed by atoms with E-state index in [0.717, 1.165) is 75.5 Å². The van der Waals surface area contributed by atoms with E-state index in [-0.39, 0.29) is 31.1 Å². The largest absolute Gasteiger partial charge is 0.462 e. The number of hydrogen-bond donors (Lipinski definition) is 0. The Morgan fingerprint density at radius 1 is 0.303 bits per heavy atom. The van der Waals surface area contributed by atoms with Gasteiger partial charge in [0.05, 0.1) is 0 Å². The standard InChI is InChI=1S/C60H116O6/c1-7-56(6)48-42-36-30-24-17-13-9-11-15-19-27-33-39-45-51-60(63)66-57(53-65-59(62)50-44-38-32-26-21-20-23-29-35-41-47-55(4)5)52-64-58(61)49-43-37-31-25-18-14-10-8-12-16-22-28-34-40-46-54(2)3/h54-57H,7-53H2,1-6H3/t56?,57-/m1/s1. The molecule has 6 heteroatoms. The smallest absolute Gasteiger partial charge is 0.306 e. The van der Waals surface area contributed by atoms with Crippen LogP contribution in [0.3, 0.4) is 0 Å². The van der Waals surface area contributed by atoms with Gasteiger partial charge in [0.15, 0.2) is 6.10 Å². The van der Waals surface area contributed by atoms with Gasteiger partial charge in [0, 0.05) is 19.3 Å².